The predicted octanol–water partition coefficient (Wildman–Crippen LogP) is 1.88. The number of hydrogen-bond donors (Lipinski definition) is 3. The Kier molecular flexibility index (Phi) is 9.82. The van der Waals surface area contributed by atoms with Crippen LogP contribution in [0.1, 0.15) is 19.3 Å². The van der Waals surface area contributed by atoms with E-state index in [1.807, 2.05) is 6.07 Å². The van der Waals surface area contributed by atoms with Crippen molar-refractivity contribution in [1.82, 2.24) is 10.2 Å². The van der Waals surface area contributed by atoms with Crippen LogP contribution in [0.25, 0.3) is 0 Å². The van der Waals surface area contributed by atoms with Crippen molar-refractivity contribution in [3.8, 4) is 0 Å². The molecule has 6 nitrogen and oxygen atoms in total. The zero-order valence-electron chi connectivity index (χ0n) is 14.2. The molecule has 1 unspecified atom stereocenters. The number of nitrogens with one attached hydrogen (secondary N) is 2. The van der Waals surface area contributed by atoms with Crippen LogP contribution in [0.2, 0.25) is 5.02 Å². The highest BCUT2D eigenvalue weighted by molar-refractivity contribution is 6.30. The third kappa shape index (κ3) is 7.61. The van der Waals surface area contributed by atoms with Gasteiger partial charge < -0.3 is 21.3 Å². The van der Waals surface area contributed by atoms with E-state index in [1.165, 1.54) is 0 Å². The van der Waals surface area contributed by atoms with Crippen molar-refractivity contribution in [2.24, 2.45) is 11.7 Å². The minimum Gasteiger partial charge on any atom is -0.355 e. The molecule has 0 aromatic heterocycles. The first kappa shape index (κ1) is 21.7. The Morgan fingerprint density at radius 3 is 2.88 bits per heavy atom. The number of hydrogen-bond acceptors (Lipinski definition) is 4. The second-order valence-electron chi connectivity index (χ2n) is 6.03. The molecule has 1 aromatic carbocycles. The Balaban J connectivity index is 0.00000312. The molecule has 0 aliphatic carbocycles. The fraction of sp³-hybridized carbons (Fsp3) is 0.529. The van der Waals surface area contributed by atoms with Crippen LogP contribution >= 0.6 is 24.0 Å². The first-order chi connectivity index (χ1) is 11.6. The van der Waals surface area contributed by atoms with E-state index < -0.39 is 0 Å². The number of halogens is 2. The summed E-state index contributed by atoms with van der Waals surface area (Å²) in [7, 11) is 0. The van der Waals surface area contributed by atoms with Crippen molar-refractivity contribution in [2.75, 3.05) is 38.0 Å². The van der Waals surface area contributed by atoms with Gasteiger partial charge in [0.1, 0.15) is 0 Å². The molecule has 25 heavy (non-hydrogen) atoms. The maximum Gasteiger partial charge on any atom is 0.225 e. The first-order valence-corrected chi connectivity index (χ1v) is 8.72. The van der Waals surface area contributed by atoms with E-state index in [0.717, 1.165) is 19.4 Å². The van der Waals surface area contributed by atoms with Crippen LogP contribution in [0.4, 0.5) is 5.69 Å². The van der Waals surface area contributed by atoms with Gasteiger partial charge in [0.25, 0.3) is 0 Å². The van der Waals surface area contributed by atoms with Gasteiger partial charge in [0.2, 0.25) is 11.8 Å². The average Bonchev–Trinajstić information content (AvgIpc) is 2.58. The number of carbonyl (C=O) groups is 2. The van der Waals surface area contributed by atoms with Gasteiger partial charge in [0.05, 0.1) is 5.92 Å². The van der Waals surface area contributed by atoms with Gasteiger partial charge >= 0.3 is 0 Å². The largest absolute Gasteiger partial charge is 0.355 e. The summed E-state index contributed by atoms with van der Waals surface area (Å²) in [4.78, 5) is 26.3. The molecular weight excluding hydrogens is 363 g/mol. The molecule has 1 fully saturated rings. The number of amides is 2. The van der Waals surface area contributed by atoms with E-state index in [0.29, 0.717) is 43.3 Å². The van der Waals surface area contributed by atoms with Crippen molar-refractivity contribution >= 4 is 41.5 Å². The smallest absolute Gasteiger partial charge is 0.225 e. The third-order valence-electron chi connectivity index (χ3n) is 4.08. The maximum absolute atomic E-state index is 12.0. The molecule has 0 bridgehead atoms. The van der Waals surface area contributed by atoms with E-state index >= 15 is 0 Å². The molecule has 1 heterocycles. The second-order valence-corrected chi connectivity index (χ2v) is 6.46. The SMILES string of the molecule is Cl.NCCNC(=O)C1CCCN(CCC(=O)Nc2cccc(Cl)c2)C1. The van der Waals surface area contributed by atoms with E-state index in [1.54, 1.807) is 18.2 Å². The van der Waals surface area contributed by atoms with Crippen molar-refractivity contribution in [2.45, 2.75) is 19.3 Å². The minimum atomic E-state index is -0.0491. The van der Waals surface area contributed by atoms with Gasteiger partial charge in [-0.2, -0.15) is 0 Å². The van der Waals surface area contributed by atoms with Gasteiger partial charge in [-0.1, -0.05) is 17.7 Å². The molecule has 8 heteroatoms. The minimum absolute atomic E-state index is 0. The lowest BCUT2D eigenvalue weighted by atomic mass is 9.97. The van der Waals surface area contributed by atoms with Crippen molar-refractivity contribution in [3.05, 3.63) is 29.3 Å². The van der Waals surface area contributed by atoms with Crippen LogP contribution in [0, 0.1) is 5.92 Å². The van der Waals surface area contributed by atoms with Crippen LogP contribution in [0.5, 0.6) is 0 Å². The summed E-state index contributed by atoms with van der Waals surface area (Å²) < 4.78 is 0. The van der Waals surface area contributed by atoms with Gasteiger partial charge in [-0.25, -0.2) is 0 Å². The Labute approximate surface area is 159 Å². The highest BCUT2D eigenvalue weighted by Crippen LogP contribution is 2.18. The summed E-state index contributed by atoms with van der Waals surface area (Å²) in [6, 6.07) is 7.09. The van der Waals surface area contributed by atoms with Crippen LogP contribution in [0.3, 0.4) is 0 Å². The zero-order chi connectivity index (χ0) is 17.4. The van der Waals surface area contributed by atoms with Crippen molar-refractivity contribution in [3.63, 3.8) is 0 Å². The molecule has 0 radical (unpaired) electrons. The van der Waals surface area contributed by atoms with Crippen LogP contribution in [-0.4, -0.2) is 49.4 Å². The second kappa shape index (κ2) is 11.3. The van der Waals surface area contributed by atoms with Crippen LogP contribution in [0.15, 0.2) is 24.3 Å². The maximum atomic E-state index is 12.0. The molecule has 1 saturated heterocycles. The quantitative estimate of drug-likeness (QED) is 0.665. The number of piperidine rings is 1. The first-order valence-electron chi connectivity index (χ1n) is 8.34. The fourth-order valence-corrected chi connectivity index (χ4v) is 3.05. The molecular formula is C17H26Cl2N4O2. The van der Waals surface area contributed by atoms with E-state index in [2.05, 4.69) is 15.5 Å². The van der Waals surface area contributed by atoms with Gasteiger partial charge in [-0.3, -0.25) is 9.59 Å². The van der Waals surface area contributed by atoms with E-state index in [4.69, 9.17) is 17.3 Å². The highest BCUT2D eigenvalue weighted by Gasteiger charge is 2.25. The van der Waals surface area contributed by atoms with Crippen molar-refractivity contribution in [1.29, 1.82) is 0 Å². The molecule has 2 amide bonds. The number of likely N-dealkylation sites (tertiary alicyclic amines) is 1. The summed E-state index contributed by atoms with van der Waals surface area (Å²) >= 11 is 5.90. The number of carbonyl (C=O) groups excluding carboxylic acids is 2. The molecule has 0 saturated carbocycles. The topological polar surface area (TPSA) is 87.5 Å². The van der Waals surface area contributed by atoms with Gasteiger partial charge in [-0.05, 0) is 37.6 Å². The molecule has 140 valence electrons. The third-order valence-corrected chi connectivity index (χ3v) is 4.32. The Morgan fingerprint density at radius 1 is 1.36 bits per heavy atom. The molecule has 1 aromatic rings. The number of nitrogens with two attached hydrogens (primary N) is 1. The highest BCUT2D eigenvalue weighted by atomic mass is 35.5. The zero-order valence-corrected chi connectivity index (χ0v) is 15.7. The fourth-order valence-electron chi connectivity index (χ4n) is 2.86. The van der Waals surface area contributed by atoms with Crippen LogP contribution in [-0.2, 0) is 9.59 Å². The molecule has 1 aliphatic heterocycles. The summed E-state index contributed by atoms with van der Waals surface area (Å²) in [5, 5.41) is 6.28. The lowest BCUT2D eigenvalue weighted by Crippen LogP contribution is -2.44. The van der Waals surface area contributed by atoms with Gasteiger partial charge in [0, 0.05) is 43.3 Å². The molecule has 1 aliphatic rings. The lowest BCUT2D eigenvalue weighted by molar-refractivity contribution is -0.126. The lowest BCUT2D eigenvalue weighted by Gasteiger charge is -2.31. The summed E-state index contributed by atoms with van der Waals surface area (Å²) in [5.74, 6) is 0.00166. The van der Waals surface area contributed by atoms with Crippen LogP contribution < -0.4 is 16.4 Å². The summed E-state index contributed by atoms with van der Waals surface area (Å²) in [5.41, 5.74) is 6.11. The number of rotatable bonds is 7. The van der Waals surface area contributed by atoms with Crippen molar-refractivity contribution < 1.29 is 9.59 Å². The van der Waals surface area contributed by atoms with E-state index in [-0.39, 0.29) is 30.1 Å². The van der Waals surface area contributed by atoms with Gasteiger partial charge in [0.15, 0.2) is 0 Å². The molecule has 1 atom stereocenters. The number of benzene rings is 1. The molecule has 4 N–H and O–H groups in total. The summed E-state index contributed by atoms with van der Waals surface area (Å²) in [6.45, 7) is 3.22. The van der Waals surface area contributed by atoms with Gasteiger partial charge in [-0.15, -0.1) is 12.4 Å². The Bertz CT molecular complexity index is 571. The Morgan fingerprint density at radius 2 is 2.16 bits per heavy atom. The standard InChI is InChI=1S/C17H25ClN4O2.ClH/c18-14-4-1-5-15(11-14)21-16(23)6-10-22-9-2-3-13(12-22)17(24)20-8-7-19;/h1,4-5,11,13H,2-3,6-10,12,19H2,(H,20,24)(H,21,23);1H. The molecule has 0 spiro atoms. The number of nitrogens with zero attached hydrogens (tertiary/aromatic N) is 1. The Hall–Kier alpha value is -1.34. The normalized spacial score (nSPS) is 17.4. The summed E-state index contributed by atoms with van der Waals surface area (Å²) in [6.07, 6.45) is 2.25. The monoisotopic (exact) mass is 388 g/mol. The average molecular weight is 389 g/mol. The predicted molar refractivity (Wildman–Crippen MR) is 103 cm³/mol. The number of anilines is 1. The van der Waals surface area contributed by atoms with E-state index in [9.17, 15) is 9.59 Å². The molecule has 2 rings (SSSR count).